The van der Waals surface area contributed by atoms with Crippen LogP contribution in [0.25, 0.3) is 11.0 Å². The van der Waals surface area contributed by atoms with E-state index in [1.54, 1.807) is 42.1 Å². The fraction of sp³-hybridized carbons (Fsp3) is 0.200. The molecule has 2 aromatic rings. The zero-order chi connectivity index (χ0) is 11.7. The van der Waals surface area contributed by atoms with Gasteiger partial charge in [0.15, 0.2) is 0 Å². The molecule has 1 aromatic carbocycles. The number of nitrogens with two attached hydrogens (primary N) is 1. The molecular formula is C10H12N4OS. The van der Waals surface area contributed by atoms with Crippen LogP contribution in [0.5, 0.6) is 0 Å². The maximum atomic E-state index is 11.5. The van der Waals surface area contributed by atoms with Crippen molar-refractivity contribution in [1.82, 2.24) is 9.97 Å². The quantitative estimate of drug-likeness (QED) is 0.788. The molecule has 84 valence electrons. The monoisotopic (exact) mass is 236 g/mol. The third kappa shape index (κ3) is 1.71. The number of hydrogen-bond acceptors (Lipinski definition) is 4. The van der Waals surface area contributed by atoms with Crippen molar-refractivity contribution < 1.29 is 4.21 Å². The third-order valence-corrected chi connectivity index (χ3v) is 3.30. The van der Waals surface area contributed by atoms with E-state index in [2.05, 4.69) is 9.97 Å². The molecule has 2 N–H and O–H groups in total. The van der Waals surface area contributed by atoms with Crippen LogP contribution >= 0.6 is 0 Å². The number of aromatic nitrogens is 2. The molecule has 1 unspecified atom stereocenters. The van der Waals surface area contributed by atoms with E-state index in [1.807, 2.05) is 0 Å². The van der Waals surface area contributed by atoms with E-state index >= 15 is 0 Å². The highest BCUT2D eigenvalue weighted by atomic mass is 32.2. The lowest BCUT2D eigenvalue weighted by molar-refractivity contribution is 0.686. The second kappa shape index (κ2) is 4.05. The minimum Gasteiger partial charge on any atom is -0.397 e. The van der Waals surface area contributed by atoms with Gasteiger partial charge in [-0.1, -0.05) is 0 Å². The number of hydrogen-bond donors (Lipinski definition) is 1. The SMILES string of the molecule is CN(c1c(N)ccc2nccnc12)S(C)=O. The van der Waals surface area contributed by atoms with Crippen LogP contribution in [0.2, 0.25) is 0 Å². The Labute approximate surface area is 95.9 Å². The molecule has 16 heavy (non-hydrogen) atoms. The minimum absolute atomic E-state index is 0.547. The maximum Gasteiger partial charge on any atom is 0.116 e. The summed E-state index contributed by atoms with van der Waals surface area (Å²) in [5.74, 6) is 0. The van der Waals surface area contributed by atoms with Crippen LogP contribution in [0.4, 0.5) is 11.4 Å². The van der Waals surface area contributed by atoms with Gasteiger partial charge in [-0.25, -0.2) is 4.21 Å². The second-order valence-electron chi connectivity index (χ2n) is 3.35. The fourth-order valence-electron chi connectivity index (χ4n) is 1.50. The van der Waals surface area contributed by atoms with Crippen LogP contribution in [-0.4, -0.2) is 27.5 Å². The minimum atomic E-state index is -1.14. The average molecular weight is 236 g/mol. The molecule has 2 rings (SSSR count). The first kappa shape index (κ1) is 10.8. The Morgan fingerprint density at radius 3 is 2.69 bits per heavy atom. The Hall–Kier alpha value is -1.69. The molecule has 0 bridgehead atoms. The summed E-state index contributed by atoms with van der Waals surface area (Å²) in [6, 6.07) is 3.54. The average Bonchev–Trinajstić information content (AvgIpc) is 2.28. The Bertz CT molecular complexity index is 558. The van der Waals surface area contributed by atoms with Gasteiger partial charge in [-0.2, -0.15) is 0 Å². The summed E-state index contributed by atoms with van der Waals surface area (Å²) in [5, 5.41) is 0. The highest BCUT2D eigenvalue weighted by Crippen LogP contribution is 2.30. The molecule has 0 spiro atoms. The van der Waals surface area contributed by atoms with Crippen molar-refractivity contribution in [2.75, 3.05) is 23.3 Å². The topological polar surface area (TPSA) is 72.1 Å². The van der Waals surface area contributed by atoms with Gasteiger partial charge in [-0.3, -0.25) is 14.3 Å². The lowest BCUT2D eigenvalue weighted by atomic mass is 10.2. The first-order chi connectivity index (χ1) is 7.61. The van der Waals surface area contributed by atoms with E-state index in [9.17, 15) is 4.21 Å². The van der Waals surface area contributed by atoms with E-state index in [0.717, 1.165) is 5.52 Å². The van der Waals surface area contributed by atoms with Gasteiger partial charge in [0.25, 0.3) is 0 Å². The zero-order valence-electron chi connectivity index (χ0n) is 9.04. The van der Waals surface area contributed by atoms with Gasteiger partial charge in [-0.15, -0.1) is 0 Å². The molecule has 0 fully saturated rings. The Morgan fingerprint density at radius 1 is 1.31 bits per heavy atom. The largest absolute Gasteiger partial charge is 0.397 e. The van der Waals surface area contributed by atoms with Crippen molar-refractivity contribution in [2.45, 2.75) is 0 Å². The number of fused-ring (bicyclic) bond motifs is 1. The number of nitrogens with zero attached hydrogens (tertiary/aromatic N) is 3. The highest BCUT2D eigenvalue weighted by Gasteiger charge is 2.13. The van der Waals surface area contributed by atoms with E-state index in [-0.39, 0.29) is 0 Å². The van der Waals surface area contributed by atoms with Gasteiger partial charge in [0.1, 0.15) is 16.5 Å². The lowest BCUT2D eigenvalue weighted by Gasteiger charge is -2.18. The number of rotatable bonds is 2. The Balaban J connectivity index is 2.75. The predicted molar refractivity (Wildman–Crippen MR) is 66.4 cm³/mol. The molecule has 1 aromatic heterocycles. The standard InChI is InChI=1S/C10H12N4OS/c1-14(16(2)15)10-7(11)3-4-8-9(10)13-6-5-12-8/h3-6H,11H2,1-2H3. The van der Waals surface area contributed by atoms with Crippen LogP contribution in [0.15, 0.2) is 24.5 Å². The van der Waals surface area contributed by atoms with Crippen molar-refractivity contribution in [1.29, 1.82) is 0 Å². The third-order valence-electron chi connectivity index (χ3n) is 2.35. The fourth-order valence-corrected chi connectivity index (χ4v) is 1.95. The van der Waals surface area contributed by atoms with E-state index in [1.165, 1.54) is 0 Å². The molecule has 0 saturated carbocycles. The molecule has 5 nitrogen and oxygen atoms in total. The summed E-state index contributed by atoms with van der Waals surface area (Å²) in [4.78, 5) is 8.41. The molecule has 0 amide bonds. The summed E-state index contributed by atoms with van der Waals surface area (Å²) in [6.45, 7) is 0. The van der Waals surface area contributed by atoms with Gasteiger partial charge in [-0.05, 0) is 12.1 Å². The van der Waals surface area contributed by atoms with Crippen molar-refractivity contribution in [3.05, 3.63) is 24.5 Å². The normalized spacial score (nSPS) is 12.6. The summed E-state index contributed by atoms with van der Waals surface area (Å²) in [5.41, 5.74) is 8.49. The number of anilines is 2. The van der Waals surface area contributed by atoms with Gasteiger partial charge < -0.3 is 5.73 Å². The first-order valence-corrected chi connectivity index (χ1v) is 6.19. The number of benzene rings is 1. The van der Waals surface area contributed by atoms with Crippen LogP contribution < -0.4 is 10.0 Å². The van der Waals surface area contributed by atoms with Gasteiger partial charge in [0, 0.05) is 25.7 Å². The summed E-state index contributed by atoms with van der Waals surface area (Å²) >= 11 is 0. The molecular weight excluding hydrogens is 224 g/mol. The predicted octanol–water partition coefficient (Wildman–Crippen LogP) is 0.942. The van der Waals surface area contributed by atoms with Gasteiger partial charge in [0.2, 0.25) is 0 Å². The first-order valence-electron chi connectivity index (χ1n) is 4.67. The molecule has 6 heteroatoms. The highest BCUT2D eigenvalue weighted by molar-refractivity contribution is 7.85. The van der Waals surface area contributed by atoms with Crippen LogP contribution in [0.1, 0.15) is 0 Å². The molecule has 0 aliphatic carbocycles. The maximum absolute atomic E-state index is 11.5. The molecule has 0 radical (unpaired) electrons. The van der Waals surface area contributed by atoms with Gasteiger partial charge in [0.05, 0.1) is 16.9 Å². The molecule has 0 saturated heterocycles. The molecule has 1 heterocycles. The van der Waals surface area contributed by atoms with Crippen LogP contribution in [-0.2, 0) is 11.0 Å². The smallest absolute Gasteiger partial charge is 0.116 e. The zero-order valence-corrected chi connectivity index (χ0v) is 9.86. The van der Waals surface area contributed by atoms with E-state index < -0.39 is 11.0 Å². The molecule has 0 aliphatic rings. The van der Waals surface area contributed by atoms with Crippen molar-refractivity contribution in [3.63, 3.8) is 0 Å². The molecule has 1 atom stereocenters. The Morgan fingerprint density at radius 2 is 2.00 bits per heavy atom. The summed E-state index contributed by atoms with van der Waals surface area (Å²) in [6.07, 6.45) is 4.80. The van der Waals surface area contributed by atoms with Crippen molar-refractivity contribution >= 4 is 33.4 Å². The van der Waals surface area contributed by atoms with Crippen molar-refractivity contribution in [2.24, 2.45) is 0 Å². The van der Waals surface area contributed by atoms with E-state index in [0.29, 0.717) is 16.9 Å². The number of nitrogen functional groups attached to an aromatic ring is 1. The summed E-state index contributed by atoms with van der Waals surface area (Å²) < 4.78 is 13.1. The van der Waals surface area contributed by atoms with Crippen LogP contribution in [0, 0.1) is 0 Å². The van der Waals surface area contributed by atoms with Gasteiger partial charge >= 0.3 is 0 Å². The summed E-state index contributed by atoms with van der Waals surface area (Å²) in [7, 11) is 0.576. The lowest BCUT2D eigenvalue weighted by Crippen LogP contribution is -2.20. The Kier molecular flexibility index (Phi) is 2.74. The molecule has 0 aliphatic heterocycles. The van der Waals surface area contributed by atoms with Crippen LogP contribution in [0.3, 0.4) is 0 Å². The second-order valence-corrected chi connectivity index (χ2v) is 4.74. The van der Waals surface area contributed by atoms with Crippen molar-refractivity contribution in [3.8, 4) is 0 Å². The van der Waals surface area contributed by atoms with E-state index in [4.69, 9.17) is 5.73 Å².